The molecule has 17 heavy (non-hydrogen) atoms. The summed E-state index contributed by atoms with van der Waals surface area (Å²) >= 11 is 0. The number of nitrogen functional groups attached to an aromatic ring is 1. The van der Waals surface area contributed by atoms with Crippen LogP contribution in [0.15, 0.2) is 42.9 Å². The summed E-state index contributed by atoms with van der Waals surface area (Å²) in [5.41, 5.74) is 7.38. The van der Waals surface area contributed by atoms with E-state index in [1.807, 2.05) is 18.2 Å². The molecule has 0 saturated carbocycles. The highest BCUT2D eigenvalue weighted by atomic mass is 16.1. The maximum absolute atomic E-state index is 11.8. The number of Topliss-reactive ketones (excluding diaryl/α,β-unsaturated/α-hetero) is 1. The van der Waals surface area contributed by atoms with Gasteiger partial charge in [-0.1, -0.05) is 12.1 Å². The highest BCUT2D eigenvalue weighted by Crippen LogP contribution is 2.09. The molecule has 2 N–H and O–H groups in total. The molecule has 2 aromatic heterocycles. The van der Waals surface area contributed by atoms with E-state index in [0.29, 0.717) is 18.7 Å². The van der Waals surface area contributed by atoms with E-state index in [-0.39, 0.29) is 5.78 Å². The van der Waals surface area contributed by atoms with Crippen LogP contribution in [-0.4, -0.2) is 15.8 Å². The van der Waals surface area contributed by atoms with Gasteiger partial charge in [0, 0.05) is 37.0 Å². The minimum Gasteiger partial charge on any atom is -0.383 e. The fourth-order valence-electron chi connectivity index (χ4n) is 1.61. The van der Waals surface area contributed by atoms with E-state index in [2.05, 4.69) is 9.97 Å². The summed E-state index contributed by atoms with van der Waals surface area (Å²) in [6, 6.07) is 7.31. The molecule has 0 spiro atoms. The van der Waals surface area contributed by atoms with Gasteiger partial charge in [-0.25, -0.2) is 4.98 Å². The Labute approximate surface area is 99.5 Å². The van der Waals surface area contributed by atoms with Crippen molar-refractivity contribution in [1.29, 1.82) is 0 Å². The number of carbonyl (C=O) groups excluding carboxylic acids is 1. The third kappa shape index (κ3) is 3.11. The van der Waals surface area contributed by atoms with Crippen LogP contribution in [0.4, 0.5) is 5.82 Å². The summed E-state index contributed by atoms with van der Waals surface area (Å²) in [5.74, 6) is 0.532. The standard InChI is InChI=1S/C13H13N3O/c14-13-11(4-2-6-16-13)8-12(17)7-10-3-1-5-15-9-10/h1-6,9H,7-8H2,(H2,14,16). The number of rotatable bonds is 4. The highest BCUT2D eigenvalue weighted by molar-refractivity contribution is 5.83. The molecule has 0 bridgehead atoms. The molecule has 0 unspecified atom stereocenters. The van der Waals surface area contributed by atoms with Gasteiger partial charge in [0.05, 0.1) is 0 Å². The van der Waals surface area contributed by atoms with Gasteiger partial charge in [0.2, 0.25) is 0 Å². The van der Waals surface area contributed by atoms with E-state index in [9.17, 15) is 4.79 Å². The van der Waals surface area contributed by atoms with Gasteiger partial charge in [0.15, 0.2) is 0 Å². The van der Waals surface area contributed by atoms with Crippen molar-refractivity contribution in [3.63, 3.8) is 0 Å². The predicted molar refractivity (Wildman–Crippen MR) is 65.3 cm³/mol. The first-order chi connectivity index (χ1) is 8.25. The molecule has 0 fully saturated rings. The first-order valence-electron chi connectivity index (χ1n) is 5.35. The van der Waals surface area contributed by atoms with Crippen molar-refractivity contribution >= 4 is 11.6 Å². The normalized spacial score (nSPS) is 10.1. The van der Waals surface area contributed by atoms with Crippen molar-refractivity contribution < 1.29 is 4.79 Å². The van der Waals surface area contributed by atoms with E-state index in [4.69, 9.17) is 5.73 Å². The molecule has 0 aliphatic carbocycles. The van der Waals surface area contributed by atoms with E-state index in [0.717, 1.165) is 11.1 Å². The Hall–Kier alpha value is -2.23. The largest absolute Gasteiger partial charge is 0.383 e. The third-order valence-electron chi connectivity index (χ3n) is 2.44. The summed E-state index contributed by atoms with van der Waals surface area (Å²) in [4.78, 5) is 19.7. The minimum atomic E-state index is 0.109. The van der Waals surface area contributed by atoms with Gasteiger partial charge >= 0.3 is 0 Å². The number of nitrogens with two attached hydrogens (primary N) is 1. The van der Waals surface area contributed by atoms with E-state index < -0.39 is 0 Å². The van der Waals surface area contributed by atoms with Gasteiger partial charge in [0.1, 0.15) is 11.6 Å². The molecule has 0 radical (unpaired) electrons. The van der Waals surface area contributed by atoms with Crippen LogP contribution >= 0.6 is 0 Å². The van der Waals surface area contributed by atoms with Gasteiger partial charge in [-0.05, 0) is 17.7 Å². The Balaban J connectivity index is 2.01. The van der Waals surface area contributed by atoms with Crippen molar-refractivity contribution in [1.82, 2.24) is 9.97 Å². The average Bonchev–Trinajstić information content (AvgIpc) is 2.33. The average molecular weight is 227 g/mol. The topological polar surface area (TPSA) is 68.9 Å². The smallest absolute Gasteiger partial charge is 0.141 e. The van der Waals surface area contributed by atoms with Crippen LogP contribution in [0, 0.1) is 0 Å². The number of aromatic nitrogens is 2. The van der Waals surface area contributed by atoms with Gasteiger partial charge in [-0.15, -0.1) is 0 Å². The number of hydrogen-bond donors (Lipinski definition) is 1. The van der Waals surface area contributed by atoms with E-state index in [1.165, 1.54) is 0 Å². The van der Waals surface area contributed by atoms with Crippen molar-refractivity contribution in [3.05, 3.63) is 54.0 Å². The molecule has 4 heteroatoms. The molecule has 4 nitrogen and oxygen atoms in total. The number of pyridine rings is 2. The Bertz CT molecular complexity index is 511. The maximum atomic E-state index is 11.8. The van der Waals surface area contributed by atoms with Gasteiger partial charge in [-0.2, -0.15) is 0 Å². The lowest BCUT2D eigenvalue weighted by Gasteiger charge is -2.03. The summed E-state index contributed by atoms with van der Waals surface area (Å²) in [7, 11) is 0. The molecule has 2 aromatic rings. The lowest BCUT2D eigenvalue weighted by Crippen LogP contribution is -2.09. The Kier molecular flexibility index (Phi) is 3.45. The summed E-state index contributed by atoms with van der Waals surface area (Å²) < 4.78 is 0. The molecule has 2 rings (SSSR count). The van der Waals surface area contributed by atoms with Crippen LogP contribution in [0.5, 0.6) is 0 Å². The van der Waals surface area contributed by atoms with Crippen LogP contribution in [0.1, 0.15) is 11.1 Å². The molecular formula is C13H13N3O. The molecule has 0 aliphatic heterocycles. The lowest BCUT2D eigenvalue weighted by molar-refractivity contribution is -0.117. The lowest BCUT2D eigenvalue weighted by atomic mass is 10.0. The molecule has 2 heterocycles. The molecule has 0 amide bonds. The van der Waals surface area contributed by atoms with Crippen LogP contribution in [0.2, 0.25) is 0 Å². The zero-order valence-corrected chi connectivity index (χ0v) is 9.34. The summed E-state index contributed by atoms with van der Waals surface area (Å²) in [5, 5.41) is 0. The minimum absolute atomic E-state index is 0.109. The predicted octanol–water partition coefficient (Wildman–Crippen LogP) is 1.41. The zero-order valence-electron chi connectivity index (χ0n) is 9.34. The molecule has 86 valence electrons. The van der Waals surface area contributed by atoms with Gasteiger partial charge in [-0.3, -0.25) is 9.78 Å². The second-order valence-electron chi connectivity index (χ2n) is 3.80. The van der Waals surface area contributed by atoms with Crippen LogP contribution in [0.3, 0.4) is 0 Å². The van der Waals surface area contributed by atoms with E-state index >= 15 is 0 Å². The Morgan fingerprint density at radius 1 is 1.18 bits per heavy atom. The van der Waals surface area contributed by atoms with Crippen LogP contribution < -0.4 is 5.73 Å². The molecular weight excluding hydrogens is 214 g/mol. The zero-order chi connectivity index (χ0) is 12.1. The first-order valence-corrected chi connectivity index (χ1v) is 5.35. The number of anilines is 1. The second-order valence-corrected chi connectivity index (χ2v) is 3.80. The molecule has 0 aliphatic rings. The summed E-state index contributed by atoms with van der Waals surface area (Å²) in [6.07, 6.45) is 5.69. The highest BCUT2D eigenvalue weighted by Gasteiger charge is 2.07. The van der Waals surface area contributed by atoms with Crippen molar-refractivity contribution in [2.24, 2.45) is 0 Å². The number of nitrogens with zero attached hydrogens (tertiary/aromatic N) is 2. The fraction of sp³-hybridized carbons (Fsp3) is 0.154. The number of hydrogen-bond acceptors (Lipinski definition) is 4. The SMILES string of the molecule is Nc1ncccc1CC(=O)Cc1cccnc1. The Morgan fingerprint density at radius 3 is 2.71 bits per heavy atom. The van der Waals surface area contributed by atoms with Crippen molar-refractivity contribution in [2.45, 2.75) is 12.8 Å². The Morgan fingerprint density at radius 2 is 2.00 bits per heavy atom. The second kappa shape index (κ2) is 5.21. The fourth-order valence-corrected chi connectivity index (χ4v) is 1.61. The quantitative estimate of drug-likeness (QED) is 0.857. The number of ketones is 1. The van der Waals surface area contributed by atoms with Crippen molar-refractivity contribution in [2.75, 3.05) is 5.73 Å². The summed E-state index contributed by atoms with van der Waals surface area (Å²) in [6.45, 7) is 0. The first kappa shape index (κ1) is 11.3. The van der Waals surface area contributed by atoms with E-state index in [1.54, 1.807) is 24.7 Å². The monoisotopic (exact) mass is 227 g/mol. The maximum Gasteiger partial charge on any atom is 0.141 e. The van der Waals surface area contributed by atoms with Gasteiger partial charge in [0.25, 0.3) is 0 Å². The van der Waals surface area contributed by atoms with Crippen molar-refractivity contribution in [3.8, 4) is 0 Å². The van der Waals surface area contributed by atoms with Crippen LogP contribution in [-0.2, 0) is 17.6 Å². The molecule has 0 aromatic carbocycles. The number of carbonyl (C=O) groups is 1. The molecule has 0 saturated heterocycles. The molecule has 0 atom stereocenters. The third-order valence-corrected chi connectivity index (χ3v) is 2.44. The van der Waals surface area contributed by atoms with Crippen LogP contribution in [0.25, 0.3) is 0 Å². The van der Waals surface area contributed by atoms with Gasteiger partial charge < -0.3 is 5.73 Å².